The van der Waals surface area contributed by atoms with E-state index in [4.69, 9.17) is 4.74 Å². The zero-order chi connectivity index (χ0) is 17.8. The number of amides is 1. The molecule has 0 bridgehead atoms. The van der Waals surface area contributed by atoms with Crippen molar-refractivity contribution < 1.29 is 14.3 Å². The maximum Gasteiger partial charge on any atom is 0.302 e. The van der Waals surface area contributed by atoms with Crippen molar-refractivity contribution in [3.8, 4) is 0 Å². The normalized spacial score (nSPS) is 23.1. The van der Waals surface area contributed by atoms with E-state index in [0.29, 0.717) is 12.8 Å². The summed E-state index contributed by atoms with van der Waals surface area (Å²) in [6.45, 7) is 3.05. The molecule has 4 heteroatoms. The molecule has 0 aromatic heterocycles. The molecule has 3 rings (SSSR count). The third kappa shape index (κ3) is 3.90. The van der Waals surface area contributed by atoms with Crippen molar-refractivity contribution in [1.82, 2.24) is 4.90 Å². The Morgan fingerprint density at radius 2 is 1.28 bits per heavy atom. The monoisotopic (exact) mass is 337 g/mol. The molecule has 1 aliphatic rings. The van der Waals surface area contributed by atoms with Crippen LogP contribution in [0.15, 0.2) is 60.7 Å². The van der Waals surface area contributed by atoms with Crippen LogP contribution in [0.25, 0.3) is 0 Å². The second kappa shape index (κ2) is 7.51. The molecular weight excluding hydrogens is 314 g/mol. The first kappa shape index (κ1) is 17.2. The number of benzene rings is 2. The minimum atomic E-state index is -0.278. The van der Waals surface area contributed by atoms with Gasteiger partial charge < -0.3 is 9.64 Å². The summed E-state index contributed by atoms with van der Waals surface area (Å²) in [5, 5.41) is 0. The summed E-state index contributed by atoms with van der Waals surface area (Å²) in [5.41, 5.74) is 2.13. The van der Waals surface area contributed by atoms with E-state index >= 15 is 0 Å². The third-order valence-corrected chi connectivity index (χ3v) is 4.71. The van der Waals surface area contributed by atoms with Crippen molar-refractivity contribution in [2.45, 2.75) is 44.9 Å². The SMILES string of the molecule is CC(=O)OC1CC(c2ccccc2)N(C(C)=O)C(c2ccccc2)C1. The van der Waals surface area contributed by atoms with E-state index in [2.05, 4.69) is 0 Å². The van der Waals surface area contributed by atoms with E-state index in [1.54, 1.807) is 6.92 Å². The second-order valence-corrected chi connectivity index (χ2v) is 6.48. The zero-order valence-electron chi connectivity index (χ0n) is 14.6. The van der Waals surface area contributed by atoms with Crippen LogP contribution in [0.3, 0.4) is 0 Å². The summed E-state index contributed by atoms with van der Waals surface area (Å²) < 4.78 is 5.55. The van der Waals surface area contributed by atoms with Gasteiger partial charge in [0.2, 0.25) is 5.91 Å². The number of carbonyl (C=O) groups excluding carboxylic acids is 2. The van der Waals surface area contributed by atoms with E-state index in [9.17, 15) is 9.59 Å². The van der Waals surface area contributed by atoms with Gasteiger partial charge in [0, 0.05) is 26.7 Å². The molecule has 2 unspecified atom stereocenters. The average molecular weight is 337 g/mol. The second-order valence-electron chi connectivity index (χ2n) is 6.48. The lowest BCUT2D eigenvalue weighted by Crippen LogP contribution is -2.44. The van der Waals surface area contributed by atoms with Crippen molar-refractivity contribution in [2.24, 2.45) is 0 Å². The van der Waals surface area contributed by atoms with Gasteiger partial charge in [-0.2, -0.15) is 0 Å². The largest absolute Gasteiger partial charge is 0.462 e. The highest BCUT2D eigenvalue weighted by molar-refractivity contribution is 5.75. The molecule has 4 nitrogen and oxygen atoms in total. The Kier molecular flexibility index (Phi) is 5.17. The van der Waals surface area contributed by atoms with E-state index in [0.717, 1.165) is 11.1 Å². The van der Waals surface area contributed by atoms with Gasteiger partial charge in [-0.15, -0.1) is 0 Å². The van der Waals surface area contributed by atoms with Crippen molar-refractivity contribution in [2.75, 3.05) is 0 Å². The molecule has 0 saturated carbocycles. The summed E-state index contributed by atoms with van der Waals surface area (Å²) in [5.74, 6) is -0.246. The number of likely N-dealkylation sites (tertiary alicyclic amines) is 1. The highest BCUT2D eigenvalue weighted by atomic mass is 16.5. The fourth-order valence-corrected chi connectivity index (χ4v) is 3.75. The minimum Gasteiger partial charge on any atom is -0.462 e. The molecule has 1 amide bonds. The number of hydrogen-bond acceptors (Lipinski definition) is 3. The van der Waals surface area contributed by atoms with Crippen LogP contribution in [0.5, 0.6) is 0 Å². The molecule has 1 heterocycles. The Bertz CT molecular complexity index is 680. The predicted octanol–water partition coefficient (Wildman–Crippen LogP) is 4.04. The fourth-order valence-electron chi connectivity index (χ4n) is 3.75. The molecule has 0 N–H and O–H groups in total. The van der Waals surface area contributed by atoms with Crippen molar-refractivity contribution >= 4 is 11.9 Å². The predicted molar refractivity (Wildman–Crippen MR) is 95.7 cm³/mol. The average Bonchev–Trinajstić information content (AvgIpc) is 2.62. The Morgan fingerprint density at radius 3 is 1.64 bits per heavy atom. The van der Waals surface area contributed by atoms with E-state index in [-0.39, 0.29) is 30.1 Å². The van der Waals surface area contributed by atoms with Crippen LogP contribution in [0.2, 0.25) is 0 Å². The highest BCUT2D eigenvalue weighted by Gasteiger charge is 2.39. The number of nitrogens with zero attached hydrogens (tertiary/aromatic N) is 1. The minimum absolute atomic E-state index is 0.0315. The number of esters is 1. The lowest BCUT2D eigenvalue weighted by molar-refractivity contribution is -0.154. The lowest BCUT2D eigenvalue weighted by atomic mass is 9.85. The summed E-state index contributed by atoms with van der Waals surface area (Å²) in [4.78, 5) is 26.0. The van der Waals surface area contributed by atoms with Gasteiger partial charge in [-0.1, -0.05) is 60.7 Å². The molecule has 2 aromatic carbocycles. The molecule has 1 aliphatic heterocycles. The van der Waals surface area contributed by atoms with Crippen LogP contribution in [0, 0.1) is 0 Å². The number of ether oxygens (including phenoxy) is 1. The van der Waals surface area contributed by atoms with Crippen molar-refractivity contribution in [3.05, 3.63) is 71.8 Å². The fraction of sp³-hybridized carbons (Fsp3) is 0.333. The maximum absolute atomic E-state index is 12.5. The smallest absolute Gasteiger partial charge is 0.302 e. The van der Waals surface area contributed by atoms with E-state index < -0.39 is 0 Å². The summed E-state index contributed by atoms with van der Waals surface area (Å²) in [6, 6.07) is 19.7. The van der Waals surface area contributed by atoms with Gasteiger partial charge in [0.05, 0.1) is 12.1 Å². The molecule has 0 radical (unpaired) electrons. The Hall–Kier alpha value is -2.62. The van der Waals surface area contributed by atoms with Crippen LogP contribution in [0.1, 0.15) is 49.9 Å². The topological polar surface area (TPSA) is 46.6 Å². The number of rotatable bonds is 3. The molecule has 1 saturated heterocycles. The molecular formula is C21H23NO3. The van der Waals surface area contributed by atoms with E-state index in [1.807, 2.05) is 65.6 Å². The first-order valence-electron chi connectivity index (χ1n) is 8.62. The van der Waals surface area contributed by atoms with Gasteiger partial charge in [0.15, 0.2) is 0 Å². The molecule has 2 aromatic rings. The standard InChI is InChI=1S/C21H23NO3/c1-15(23)22-20(17-9-5-3-6-10-17)13-19(25-16(2)24)14-21(22)18-11-7-4-8-12-18/h3-12,19-21H,13-14H2,1-2H3. The molecule has 2 atom stereocenters. The van der Waals surface area contributed by atoms with Crippen LogP contribution in [-0.4, -0.2) is 22.9 Å². The number of piperidine rings is 1. The van der Waals surface area contributed by atoms with Crippen molar-refractivity contribution in [1.29, 1.82) is 0 Å². The quantitative estimate of drug-likeness (QED) is 0.794. The molecule has 25 heavy (non-hydrogen) atoms. The number of carbonyl (C=O) groups is 2. The Morgan fingerprint density at radius 1 is 0.840 bits per heavy atom. The molecule has 130 valence electrons. The van der Waals surface area contributed by atoms with Crippen LogP contribution in [-0.2, 0) is 14.3 Å². The summed E-state index contributed by atoms with van der Waals surface area (Å²) in [6.07, 6.45) is 1.03. The van der Waals surface area contributed by atoms with Crippen LogP contribution < -0.4 is 0 Å². The summed E-state index contributed by atoms with van der Waals surface area (Å²) >= 11 is 0. The van der Waals surface area contributed by atoms with Gasteiger partial charge in [0.1, 0.15) is 6.10 Å². The third-order valence-electron chi connectivity index (χ3n) is 4.71. The van der Waals surface area contributed by atoms with Gasteiger partial charge in [-0.05, 0) is 11.1 Å². The zero-order valence-corrected chi connectivity index (χ0v) is 14.6. The van der Waals surface area contributed by atoms with Gasteiger partial charge in [-0.25, -0.2) is 0 Å². The Balaban J connectivity index is 2.01. The number of hydrogen-bond donors (Lipinski definition) is 0. The maximum atomic E-state index is 12.5. The van der Waals surface area contributed by atoms with Crippen LogP contribution >= 0.6 is 0 Å². The Labute approximate surface area is 148 Å². The molecule has 0 spiro atoms. The highest BCUT2D eigenvalue weighted by Crippen LogP contribution is 2.42. The van der Waals surface area contributed by atoms with Gasteiger partial charge >= 0.3 is 5.97 Å². The molecule has 1 fully saturated rings. The molecule has 0 aliphatic carbocycles. The van der Waals surface area contributed by atoms with E-state index in [1.165, 1.54) is 6.92 Å². The van der Waals surface area contributed by atoms with Gasteiger partial charge in [-0.3, -0.25) is 9.59 Å². The van der Waals surface area contributed by atoms with Crippen LogP contribution in [0.4, 0.5) is 0 Å². The van der Waals surface area contributed by atoms with Crippen molar-refractivity contribution in [3.63, 3.8) is 0 Å². The lowest BCUT2D eigenvalue weighted by Gasteiger charge is -2.45. The first-order valence-corrected chi connectivity index (χ1v) is 8.62. The first-order chi connectivity index (χ1) is 12.1. The van der Waals surface area contributed by atoms with Gasteiger partial charge in [0.25, 0.3) is 0 Å². The summed E-state index contributed by atoms with van der Waals surface area (Å²) in [7, 11) is 0.